The van der Waals surface area contributed by atoms with Crippen LogP contribution in [0.4, 0.5) is 0 Å². The fourth-order valence-electron chi connectivity index (χ4n) is 6.77. The summed E-state index contributed by atoms with van der Waals surface area (Å²) in [5.74, 6) is -1.04. The third kappa shape index (κ3) is 54.1. The number of unbranched alkanes of at least 4 members (excludes halogenated alkanes) is 12. The monoisotopic (exact) mass is 951 g/mol. The van der Waals surface area contributed by atoms with Crippen LogP contribution in [-0.2, 0) is 28.6 Å². The van der Waals surface area contributed by atoms with Crippen LogP contribution in [0.3, 0.4) is 0 Å². The van der Waals surface area contributed by atoms with Gasteiger partial charge in [0.1, 0.15) is 13.2 Å². The van der Waals surface area contributed by atoms with Gasteiger partial charge in [0, 0.05) is 19.3 Å². The SMILES string of the molecule is CC/C=C\C/C=C\C/C=C\C/C=C\C/C=C\CCCCCC(=O)OC[C@H](COC(=O)CCCCCCC/C=C\C/C=C\C/C=C\CC)OC(=O)CCC/C=C\C/C=C\C/C=C\C/C=C\CCCCC. The summed E-state index contributed by atoms with van der Waals surface area (Å²) < 4.78 is 16.7. The van der Waals surface area contributed by atoms with Crippen LogP contribution < -0.4 is 0 Å². The van der Waals surface area contributed by atoms with E-state index in [9.17, 15) is 14.4 Å². The molecule has 0 unspecified atom stereocenters. The van der Waals surface area contributed by atoms with E-state index < -0.39 is 6.10 Å². The van der Waals surface area contributed by atoms with Gasteiger partial charge in [-0.15, -0.1) is 0 Å². The second-order valence-electron chi connectivity index (χ2n) is 17.4. The summed E-state index contributed by atoms with van der Waals surface area (Å²) in [6, 6.07) is 0. The number of hydrogen-bond donors (Lipinski definition) is 0. The quantitative estimate of drug-likeness (QED) is 0.0262. The maximum atomic E-state index is 12.8. The van der Waals surface area contributed by atoms with E-state index in [2.05, 4.69) is 167 Å². The van der Waals surface area contributed by atoms with E-state index in [4.69, 9.17) is 14.2 Å². The Balaban J connectivity index is 4.59. The third-order valence-corrected chi connectivity index (χ3v) is 10.8. The first-order valence-corrected chi connectivity index (χ1v) is 27.3. The molecular formula is C63H98O6. The van der Waals surface area contributed by atoms with Crippen LogP contribution in [0.2, 0.25) is 0 Å². The Labute approximate surface area is 423 Å². The number of rotatable bonds is 47. The van der Waals surface area contributed by atoms with Gasteiger partial charge in [0.2, 0.25) is 0 Å². The lowest BCUT2D eigenvalue weighted by molar-refractivity contribution is -0.167. The highest BCUT2D eigenvalue weighted by molar-refractivity contribution is 5.71. The predicted molar refractivity (Wildman–Crippen MR) is 297 cm³/mol. The molecule has 6 nitrogen and oxygen atoms in total. The van der Waals surface area contributed by atoms with Gasteiger partial charge < -0.3 is 14.2 Å². The van der Waals surface area contributed by atoms with Gasteiger partial charge in [-0.25, -0.2) is 0 Å². The zero-order valence-corrected chi connectivity index (χ0v) is 44.0. The third-order valence-electron chi connectivity index (χ3n) is 10.8. The summed E-state index contributed by atoms with van der Waals surface area (Å²) in [5.41, 5.74) is 0. The lowest BCUT2D eigenvalue weighted by Crippen LogP contribution is -2.30. The van der Waals surface area contributed by atoms with Crippen molar-refractivity contribution in [2.75, 3.05) is 13.2 Å². The molecule has 6 heteroatoms. The topological polar surface area (TPSA) is 78.9 Å². The van der Waals surface area contributed by atoms with Gasteiger partial charge in [-0.2, -0.15) is 0 Å². The molecule has 1 atom stereocenters. The Hall–Kier alpha value is -4.71. The van der Waals surface area contributed by atoms with Crippen molar-refractivity contribution in [3.63, 3.8) is 0 Å². The molecule has 0 aromatic heterocycles. The number of esters is 3. The molecule has 0 spiro atoms. The van der Waals surface area contributed by atoms with E-state index >= 15 is 0 Å². The minimum absolute atomic E-state index is 0.126. The summed E-state index contributed by atoms with van der Waals surface area (Å²) in [4.78, 5) is 38.1. The van der Waals surface area contributed by atoms with E-state index in [1.165, 1.54) is 25.7 Å². The van der Waals surface area contributed by atoms with Crippen LogP contribution >= 0.6 is 0 Å². The minimum Gasteiger partial charge on any atom is -0.462 e. The van der Waals surface area contributed by atoms with Crippen LogP contribution in [0.1, 0.15) is 213 Å². The average Bonchev–Trinajstić information content (AvgIpc) is 3.35. The van der Waals surface area contributed by atoms with Gasteiger partial charge in [-0.05, 0) is 135 Å². The molecule has 0 aromatic carbocycles. The van der Waals surface area contributed by atoms with Crippen LogP contribution in [-0.4, -0.2) is 37.2 Å². The second-order valence-corrected chi connectivity index (χ2v) is 17.4. The lowest BCUT2D eigenvalue weighted by atomic mass is 10.1. The molecule has 0 fully saturated rings. The van der Waals surface area contributed by atoms with Crippen molar-refractivity contribution in [2.24, 2.45) is 0 Å². The maximum Gasteiger partial charge on any atom is 0.306 e. The molecular weight excluding hydrogens is 853 g/mol. The molecule has 0 radical (unpaired) electrons. The highest BCUT2D eigenvalue weighted by Gasteiger charge is 2.19. The van der Waals surface area contributed by atoms with E-state index in [1.807, 2.05) is 0 Å². The van der Waals surface area contributed by atoms with Gasteiger partial charge in [-0.3, -0.25) is 14.4 Å². The second kappa shape index (κ2) is 55.9. The van der Waals surface area contributed by atoms with Crippen LogP contribution in [0.25, 0.3) is 0 Å². The zero-order valence-electron chi connectivity index (χ0n) is 44.0. The van der Waals surface area contributed by atoms with Crippen molar-refractivity contribution in [3.8, 4) is 0 Å². The molecule has 0 heterocycles. The molecule has 0 amide bonds. The van der Waals surface area contributed by atoms with E-state index in [-0.39, 0.29) is 37.5 Å². The molecule has 0 aliphatic rings. The summed E-state index contributed by atoms with van der Waals surface area (Å²) in [6.45, 7) is 6.27. The van der Waals surface area contributed by atoms with Gasteiger partial charge in [0.15, 0.2) is 6.10 Å². The smallest absolute Gasteiger partial charge is 0.306 e. The molecule has 0 bridgehead atoms. The molecule has 0 aliphatic heterocycles. The van der Waals surface area contributed by atoms with E-state index in [1.54, 1.807) is 0 Å². The molecule has 0 aliphatic carbocycles. The summed E-state index contributed by atoms with van der Waals surface area (Å²) >= 11 is 0. The molecule has 0 saturated heterocycles. The van der Waals surface area contributed by atoms with E-state index in [0.29, 0.717) is 19.3 Å². The summed E-state index contributed by atoms with van der Waals surface area (Å²) in [7, 11) is 0. The minimum atomic E-state index is -0.835. The number of allylic oxidation sites excluding steroid dienone is 24. The van der Waals surface area contributed by atoms with Crippen LogP contribution in [0.15, 0.2) is 146 Å². The van der Waals surface area contributed by atoms with Gasteiger partial charge in [0.25, 0.3) is 0 Å². The Kier molecular flexibility index (Phi) is 52.1. The highest BCUT2D eigenvalue weighted by atomic mass is 16.6. The van der Waals surface area contributed by atoms with E-state index in [0.717, 1.165) is 141 Å². The Morgan fingerprint density at radius 2 is 0.580 bits per heavy atom. The Morgan fingerprint density at radius 3 is 0.942 bits per heavy atom. The molecule has 0 saturated carbocycles. The summed E-state index contributed by atoms with van der Waals surface area (Å²) in [5, 5.41) is 0. The fourth-order valence-corrected chi connectivity index (χ4v) is 6.77. The largest absolute Gasteiger partial charge is 0.462 e. The van der Waals surface area contributed by atoms with Crippen molar-refractivity contribution in [2.45, 2.75) is 219 Å². The van der Waals surface area contributed by atoms with Crippen molar-refractivity contribution in [1.29, 1.82) is 0 Å². The standard InChI is InChI=1S/C63H98O6/c1-4-7-10-13-16-19-22-25-28-30-31-33-35-38-41-44-47-50-53-56-62(65)68-59-60(58-67-61(64)55-52-49-46-43-40-37-34-27-24-21-18-15-12-9-6-3)69-63(66)57-54-51-48-45-42-39-36-32-29-26-23-20-17-14-11-8-5-2/h7,9-10,12,16-21,25-29,31,33-34,36,38-39,41,45,48,60H,4-6,8,11,13-15,22-24,30,32,35,37,40,42-44,46-47,49-59H2,1-3H3/b10-7-,12-9-,19-16-,20-17-,21-18-,28-25-,29-26-,33-31-,34-27-,39-36-,41-38-,48-45-/t60-/m0/s1. The molecule has 386 valence electrons. The first-order chi connectivity index (χ1) is 34.0. The average molecular weight is 951 g/mol. The lowest BCUT2D eigenvalue weighted by Gasteiger charge is -2.18. The predicted octanol–water partition coefficient (Wildman–Crippen LogP) is 18.4. The number of carbonyl (C=O) groups is 3. The fraction of sp³-hybridized carbons (Fsp3) is 0.571. The van der Waals surface area contributed by atoms with Crippen LogP contribution in [0, 0.1) is 0 Å². The van der Waals surface area contributed by atoms with Crippen molar-refractivity contribution >= 4 is 17.9 Å². The number of ether oxygens (including phenoxy) is 3. The number of hydrogen-bond acceptors (Lipinski definition) is 6. The highest BCUT2D eigenvalue weighted by Crippen LogP contribution is 2.11. The first-order valence-electron chi connectivity index (χ1n) is 27.3. The van der Waals surface area contributed by atoms with Gasteiger partial charge >= 0.3 is 17.9 Å². The molecule has 69 heavy (non-hydrogen) atoms. The Bertz CT molecular complexity index is 1560. The summed E-state index contributed by atoms with van der Waals surface area (Å²) in [6.07, 6.45) is 79.8. The van der Waals surface area contributed by atoms with Crippen LogP contribution in [0.5, 0.6) is 0 Å². The van der Waals surface area contributed by atoms with Crippen molar-refractivity contribution in [1.82, 2.24) is 0 Å². The normalized spacial score (nSPS) is 13.3. The molecule has 0 aromatic rings. The van der Waals surface area contributed by atoms with Crippen molar-refractivity contribution in [3.05, 3.63) is 146 Å². The molecule has 0 rings (SSSR count). The molecule has 0 N–H and O–H groups in total. The van der Waals surface area contributed by atoms with Gasteiger partial charge in [0.05, 0.1) is 0 Å². The maximum absolute atomic E-state index is 12.8. The Morgan fingerprint density at radius 1 is 0.304 bits per heavy atom. The van der Waals surface area contributed by atoms with Crippen molar-refractivity contribution < 1.29 is 28.6 Å². The first kappa shape index (κ1) is 64.3. The van der Waals surface area contributed by atoms with Gasteiger partial charge in [-0.1, -0.05) is 205 Å². The number of carbonyl (C=O) groups excluding carboxylic acids is 3. The zero-order chi connectivity index (χ0) is 50.0.